The summed E-state index contributed by atoms with van der Waals surface area (Å²) in [5.41, 5.74) is -3.08. The monoisotopic (exact) mass is 1730 g/mol. The van der Waals surface area contributed by atoms with E-state index in [9.17, 15) is 4.79 Å². The van der Waals surface area contributed by atoms with Gasteiger partial charge in [-0.05, 0) is 214 Å². The summed E-state index contributed by atoms with van der Waals surface area (Å²) in [4.78, 5) is 12.8. The molecule has 0 N–H and O–H groups in total. The van der Waals surface area contributed by atoms with Gasteiger partial charge in [-0.1, -0.05) is 190 Å². The molecule has 0 aliphatic rings. The molecule has 0 aromatic rings. The second-order valence-electron chi connectivity index (χ2n) is 30.8. The molecule has 0 aliphatic heterocycles. The molecule has 0 bridgehead atoms. The molecule has 15 unspecified atom stereocenters. The Hall–Kier alpha value is 4.59. The summed E-state index contributed by atoms with van der Waals surface area (Å²) in [5.74, 6) is 7.73. The fourth-order valence-electron chi connectivity index (χ4n) is 10.1. The molecule has 16 nitrogen and oxygen atoms in total. The predicted octanol–water partition coefficient (Wildman–Crippen LogP) is 28.7. The molecule has 0 fully saturated rings. The molecule has 0 aliphatic carbocycles. The van der Waals surface area contributed by atoms with Crippen molar-refractivity contribution in [2.45, 2.75) is 358 Å². The van der Waals surface area contributed by atoms with Crippen LogP contribution in [0.2, 0.25) is 0 Å². The molecular formula is C71H149O16P7S8. The second kappa shape index (κ2) is 61.9. The van der Waals surface area contributed by atoms with E-state index >= 15 is 0 Å². The zero-order chi connectivity index (χ0) is 77.8. The normalized spacial score (nSPS) is 19.3. The van der Waals surface area contributed by atoms with Crippen LogP contribution in [0.1, 0.15) is 272 Å². The molecule has 102 heavy (non-hydrogen) atoms. The van der Waals surface area contributed by atoms with Crippen LogP contribution in [0, 0.1) is 47.3 Å². The molecule has 0 heterocycles. The second-order valence-corrected chi connectivity index (χ2v) is 55.9. The Kier molecular flexibility index (Phi) is 64.7. The lowest BCUT2D eigenvalue weighted by Gasteiger charge is -2.31. The molecule has 15 atom stereocenters. The minimum Gasteiger partial charge on any atom is -0.466 e. The van der Waals surface area contributed by atoms with E-state index in [-0.39, 0.29) is 97.8 Å². The number of ether oxygens (including phenoxy) is 1. The van der Waals surface area contributed by atoms with Crippen LogP contribution in [0.15, 0.2) is 0 Å². The maximum absolute atomic E-state index is 12.8. The third-order valence-electron chi connectivity index (χ3n) is 13.6. The molecular weight excluding hydrogens is 1580 g/mol. The lowest BCUT2D eigenvalue weighted by atomic mass is 10.1. The Balaban J connectivity index is 7.23. The van der Waals surface area contributed by atoms with Crippen LogP contribution in [0.5, 0.6) is 0 Å². The molecule has 0 aromatic heterocycles. The predicted molar refractivity (Wildman–Crippen MR) is 468 cm³/mol. The standard InChI is InChI=1S/C71H149O16P7S8/c1-32-73-71(72)33-34-96-88(82-65(26)43-99-93(83-66(27)44-97-89(74-57(18)35-49(2)3)75-58(19)36-50(4)5)84-67(28)45-98-90(76-59(20)37-51(6)7)77-60(21)38-52(8)9)85-68(29)48-102-94(95,86-69(30)46-100-91(78-61(22)39-53(10)11)79-62(23)40-54(12)13)87-70(31)47-101-92(80-63(24)41-55(14)15)81-64(25)42-56(16)17/h49-70H,32-48H2,1-31H3. The van der Waals surface area contributed by atoms with E-state index in [1.807, 2.05) is 13.8 Å². The zero-order valence-corrected chi connectivity index (χ0v) is 81.9. The third kappa shape index (κ3) is 62.0. The van der Waals surface area contributed by atoms with Gasteiger partial charge in [0.15, 0.2) is 0 Å². The van der Waals surface area contributed by atoms with Crippen LogP contribution in [0.4, 0.5) is 0 Å². The van der Waals surface area contributed by atoms with Crippen LogP contribution in [-0.2, 0) is 84.7 Å². The van der Waals surface area contributed by atoms with Crippen LogP contribution in [0.25, 0.3) is 0 Å². The summed E-state index contributed by atoms with van der Waals surface area (Å²) in [6, 6.07) is 0. The van der Waals surface area contributed by atoms with Crippen LogP contribution < -0.4 is 0 Å². The van der Waals surface area contributed by atoms with Gasteiger partial charge in [0.25, 0.3) is 0 Å². The van der Waals surface area contributed by atoms with E-state index in [4.69, 9.17) is 79.9 Å². The smallest absolute Gasteiger partial charge is 0.306 e. The largest absolute Gasteiger partial charge is 0.466 e. The van der Waals surface area contributed by atoms with Gasteiger partial charge in [0, 0.05) is 40.3 Å². The van der Waals surface area contributed by atoms with Gasteiger partial charge < -0.3 is 68.1 Å². The van der Waals surface area contributed by atoms with Crippen molar-refractivity contribution in [3.05, 3.63) is 0 Å². The van der Waals surface area contributed by atoms with E-state index in [0.29, 0.717) is 94.2 Å². The quantitative estimate of drug-likeness (QED) is 0.0418. The summed E-state index contributed by atoms with van der Waals surface area (Å²) in [6.07, 6.45) is 6.62. The van der Waals surface area contributed by atoms with Crippen molar-refractivity contribution in [1.29, 1.82) is 0 Å². The van der Waals surface area contributed by atoms with Gasteiger partial charge in [0.05, 0.1) is 98.5 Å². The molecule has 0 radical (unpaired) electrons. The van der Waals surface area contributed by atoms with Crippen molar-refractivity contribution in [1.82, 2.24) is 0 Å². The fraction of sp³-hybridized carbons (Fsp3) is 0.986. The fourth-order valence-corrected chi connectivity index (χ4v) is 37.3. The summed E-state index contributed by atoms with van der Waals surface area (Å²) in [5, 5.41) is 0. The number of hydrogen-bond donors (Lipinski definition) is 0. The van der Waals surface area contributed by atoms with E-state index < -0.39 is 51.2 Å². The van der Waals surface area contributed by atoms with Crippen molar-refractivity contribution >= 4 is 149 Å². The van der Waals surface area contributed by atoms with Gasteiger partial charge in [-0.3, -0.25) is 4.79 Å². The molecule has 0 amide bonds. The first kappa shape index (κ1) is 107. The van der Waals surface area contributed by atoms with Crippen molar-refractivity contribution in [3.63, 3.8) is 0 Å². The summed E-state index contributed by atoms with van der Waals surface area (Å²) in [7, 11) is -8.13. The Labute approximate surface area is 668 Å². The Morgan fingerprint density at radius 3 is 0.676 bits per heavy atom. The van der Waals surface area contributed by atoms with Crippen LogP contribution in [0.3, 0.4) is 0 Å². The average molecular weight is 1730 g/mol. The number of hydrogen-bond acceptors (Lipinski definition) is 24. The molecule has 612 valence electrons. The van der Waals surface area contributed by atoms with Crippen molar-refractivity contribution in [2.75, 3.05) is 46.9 Å². The zero-order valence-electron chi connectivity index (χ0n) is 69.2. The first-order valence-corrected chi connectivity index (χ1v) is 58.7. The van der Waals surface area contributed by atoms with Gasteiger partial charge in [0.1, 0.15) is 0 Å². The summed E-state index contributed by atoms with van der Waals surface area (Å²) < 4.78 is 100. The van der Waals surface area contributed by atoms with E-state index in [0.717, 1.165) is 51.4 Å². The molecule has 0 aromatic carbocycles. The Morgan fingerprint density at radius 2 is 0.471 bits per heavy atom. The number of rotatable bonds is 67. The number of esters is 1. The Morgan fingerprint density at radius 1 is 0.284 bits per heavy atom. The topological polar surface area (TPSA) is 156 Å². The molecule has 0 saturated carbocycles. The molecule has 0 saturated heterocycles. The minimum absolute atomic E-state index is 0.0444. The van der Waals surface area contributed by atoms with Crippen LogP contribution >= 0.6 is 131 Å². The summed E-state index contributed by atoms with van der Waals surface area (Å²) >= 11 is 18.0. The maximum Gasteiger partial charge on any atom is 0.306 e. The maximum atomic E-state index is 12.8. The molecule has 0 spiro atoms. The lowest BCUT2D eigenvalue weighted by molar-refractivity contribution is -0.142. The number of carbonyl (C=O) groups is 1. The first-order valence-electron chi connectivity index (χ1n) is 37.9. The van der Waals surface area contributed by atoms with Crippen molar-refractivity contribution < 1.29 is 72.9 Å². The molecule has 0 rings (SSSR count). The minimum atomic E-state index is -3.08. The van der Waals surface area contributed by atoms with Crippen molar-refractivity contribution in [2.24, 2.45) is 47.3 Å². The Bertz CT molecular complexity index is 1910. The highest BCUT2D eigenvalue weighted by Gasteiger charge is 2.34. The van der Waals surface area contributed by atoms with E-state index in [2.05, 4.69) is 201 Å². The van der Waals surface area contributed by atoms with E-state index in [1.54, 1.807) is 56.9 Å². The summed E-state index contributed by atoms with van der Waals surface area (Å²) in [6.45, 7) is 67.4. The van der Waals surface area contributed by atoms with Gasteiger partial charge in [-0.2, -0.15) is 0 Å². The highest BCUT2D eigenvalue weighted by atomic mass is 32.9. The van der Waals surface area contributed by atoms with Crippen LogP contribution in [-0.4, -0.2) is 138 Å². The van der Waals surface area contributed by atoms with Gasteiger partial charge in [-0.15, -0.1) is 0 Å². The van der Waals surface area contributed by atoms with Gasteiger partial charge in [0.2, 0.25) is 51.2 Å². The SMILES string of the molecule is CCOC(=O)CCSP(OC(C)CSP(OC(C)CSP(OC(C)CC(C)C)OC(C)CC(C)C)OC(C)CSP(OC(C)CC(C)C)OC(C)CC(C)C)OC(C)CSP(=S)(OC(C)CSP(OC(C)CC(C)C)OC(C)CC(C)C)OC(C)CSP(OC(C)CC(C)C)OC(C)CC(C)C. The average Bonchev–Trinajstić information content (AvgIpc) is 0.859. The highest BCUT2D eigenvalue weighted by Crippen LogP contribution is 2.66. The van der Waals surface area contributed by atoms with Crippen molar-refractivity contribution in [3.8, 4) is 0 Å². The molecule has 31 heteroatoms. The van der Waals surface area contributed by atoms with Gasteiger partial charge in [-0.25, -0.2) is 0 Å². The van der Waals surface area contributed by atoms with E-state index in [1.165, 1.54) is 22.8 Å². The first-order chi connectivity index (χ1) is 47.5. The third-order valence-corrected chi connectivity index (χ3v) is 39.9. The highest BCUT2D eigenvalue weighted by molar-refractivity contribution is 8.68. The van der Waals surface area contributed by atoms with Gasteiger partial charge >= 0.3 is 5.97 Å². The lowest BCUT2D eigenvalue weighted by Crippen LogP contribution is -2.18. The number of carbonyl (C=O) groups excluding carboxylic acids is 1.